The summed E-state index contributed by atoms with van der Waals surface area (Å²) in [6, 6.07) is 6.58. The molecule has 0 bridgehead atoms. The molecule has 1 aromatic carbocycles. The normalized spacial score (nSPS) is 10.1. The Hall–Kier alpha value is -0.0800. The van der Waals surface area contributed by atoms with E-state index in [4.69, 9.17) is 0 Å². The molecule has 0 nitrogen and oxygen atoms in total. The maximum atomic E-state index is 2.23. The Labute approximate surface area is 76.8 Å². The third-order valence-corrected chi connectivity index (χ3v) is 3.24. The molecule has 0 saturated carbocycles. The summed E-state index contributed by atoms with van der Waals surface area (Å²) in [4.78, 5) is 2.76. The molecular formula is C9H12S2. The number of thioether (sulfide) groups is 2. The lowest BCUT2D eigenvalue weighted by molar-refractivity contribution is 1.22. The lowest BCUT2D eigenvalue weighted by Gasteiger charge is -2.04. The van der Waals surface area contributed by atoms with Crippen molar-refractivity contribution in [2.24, 2.45) is 0 Å². The molecule has 0 fully saturated rings. The number of rotatable bonds is 2. The second-order valence-corrected chi connectivity index (χ2v) is 4.05. The molecule has 0 atom stereocenters. The Morgan fingerprint density at radius 1 is 1.00 bits per heavy atom. The van der Waals surface area contributed by atoms with Crippen molar-refractivity contribution in [2.75, 3.05) is 12.5 Å². The SMILES string of the molecule is CSc1ccc(C)cc1SC. The van der Waals surface area contributed by atoms with Crippen LogP contribution in [0.15, 0.2) is 28.0 Å². The number of hydrogen-bond acceptors (Lipinski definition) is 2. The molecule has 0 heterocycles. The van der Waals surface area contributed by atoms with Gasteiger partial charge < -0.3 is 0 Å². The molecule has 0 N–H and O–H groups in total. The highest BCUT2D eigenvalue weighted by molar-refractivity contribution is 8.01. The number of benzene rings is 1. The Morgan fingerprint density at radius 3 is 2.18 bits per heavy atom. The van der Waals surface area contributed by atoms with Gasteiger partial charge in [-0.1, -0.05) is 6.07 Å². The van der Waals surface area contributed by atoms with E-state index < -0.39 is 0 Å². The Morgan fingerprint density at radius 2 is 1.64 bits per heavy atom. The summed E-state index contributed by atoms with van der Waals surface area (Å²) in [5.74, 6) is 0. The molecule has 0 aliphatic heterocycles. The third kappa shape index (κ3) is 2.17. The van der Waals surface area contributed by atoms with Crippen LogP contribution in [0, 0.1) is 6.92 Å². The van der Waals surface area contributed by atoms with E-state index in [0.29, 0.717) is 0 Å². The van der Waals surface area contributed by atoms with Gasteiger partial charge in [0.05, 0.1) is 0 Å². The van der Waals surface area contributed by atoms with Gasteiger partial charge in [0.25, 0.3) is 0 Å². The van der Waals surface area contributed by atoms with Gasteiger partial charge in [0, 0.05) is 9.79 Å². The molecule has 0 amide bonds. The summed E-state index contributed by atoms with van der Waals surface area (Å²) in [5.41, 5.74) is 1.34. The smallest absolute Gasteiger partial charge is 0.0208 e. The molecule has 2 heteroatoms. The van der Waals surface area contributed by atoms with Crippen molar-refractivity contribution in [2.45, 2.75) is 16.7 Å². The summed E-state index contributed by atoms with van der Waals surface area (Å²) in [6.07, 6.45) is 4.24. The van der Waals surface area contributed by atoms with Crippen LogP contribution in [0.5, 0.6) is 0 Å². The second kappa shape index (κ2) is 4.07. The Balaban J connectivity index is 3.06. The first-order valence-electron chi connectivity index (χ1n) is 3.46. The molecule has 0 aliphatic rings. The van der Waals surface area contributed by atoms with E-state index in [-0.39, 0.29) is 0 Å². The van der Waals surface area contributed by atoms with Gasteiger partial charge >= 0.3 is 0 Å². The zero-order chi connectivity index (χ0) is 8.27. The fourth-order valence-corrected chi connectivity index (χ4v) is 2.48. The fraction of sp³-hybridized carbons (Fsp3) is 0.333. The molecule has 0 aromatic heterocycles. The maximum absolute atomic E-state index is 2.23. The van der Waals surface area contributed by atoms with Crippen molar-refractivity contribution in [3.63, 3.8) is 0 Å². The zero-order valence-electron chi connectivity index (χ0n) is 7.05. The van der Waals surface area contributed by atoms with Crippen LogP contribution in [-0.4, -0.2) is 12.5 Å². The second-order valence-electron chi connectivity index (χ2n) is 2.36. The standard InChI is InChI=1S/C9H12S2/c1-7-4-5-8(10-2)9(6-7)11-3/h4-6H,1-3H3. The first-order valence-corrected chi connectivity index (χ1v) is 5.91. The van der Waals surface area contributed by atoms with Crippen LogP contribution in [-0.2, 0) is 0 Å². The minimum Gasteiger partial charge on any atom is -0.128 e. The van der Waals surface area contributed by atoms with E-state index in [9.17, 15) is 0 Å². The van der Waals surface area contributed by atoms with E-state index in [1.807, 2.05) is 23.5 Å². The van der Waals surface area contributed by atoms with Crippen molar-refractivity contribution in [3.8, 4) is 0 Å². The average molecular weight is 184 g/mol. The highest BCUT2D eigenvalue weighted by Gasteiger charge is 1.98. The van der Waals surface area contributed by atoms with Crippen LogP contribution in [0.1, 0.15) is 5.56 Å². The maximum Gasteiger partial charge on any atom is 0.0208 e. The van der Waals surface area contributed by atoms with Crippen LogP contribution in [0.2, 0.25) is 0 Å². The molecule has 0 radical (unpaired) electrons. The average Bonchev–Trinajstić information content (AvgIpc) is 2.04. The van der Waals surface area contributed by atoms with Crippen molar-refractivity contribution in [1.82, 2.24) is 0 Å². The van der Waals surface area contributed by atoms with E-state index >= 15 is 0 Å². The first-order chi connectivity index (χ1) is 5.27. The Kier molecular flexibility index (Phi) is 3.34. The molecule has 0 saturated heterocycles. The molecule has 60 valence electrons. The monoisotopic (exact) mass is 184 g/mol. The van der Waals surface area contributed by atoms with Crippen LogP contribution in [0.3, 0.4) is 0 Å². The lowest BCUT2D eigenvalue weighted by atomic mass is 10.2. The third-order valence-electron chi connectivity index (χ3n) is 1.54. The van der Waals surface area contributed by atoms with Crippen LogP contribution >= 0.6 is 23.5 Å². The lowest BCUT2D eigenvalue weighted by Crippen LogP contribution is -1.78. The largest absolute Gasteiger partial charge is 0.128 e. The highest BCUT2D eigenvalue weighted by atomic mass is 32.2. The fourth-order valence-electron chi connectivity index (χ4n) is 0.943. The van der Waals surface area contributed by atoms with Crippen LogP contribution < -0.4 is 0 Å². The van der Waals surface area contributed by atoms with E-state index in [1.165, 1.54) is 15.4 Å². The van der Waals surface area contributed by atoms with Gasteiger partial charge in [0.1, 0.15) is 0 Å². The van der Waals surface area contributed by atoms with E-state index in [1.54, 1.807) is 0 Å². The van der Waals surface area contributed by atoms with Crippen LogP contribution in [0.25, 0.3) is 0 Å². The Bertz CT molecular complexity index is 243. The molecule has 11 heavy (non-hydrogen) atoms. The summed E-state index contributed by atoms with van der Waals surface area (Å²) < 4.78 is 0. The van der Waals surface area contributed by atoms with Crippen molar-refractivity contribution in [3.05, 3.63) is 23.8 Å². The topological polar surface area (TPSA) is 0 Å². The molecular weight excluding hydrogens is 172 g/mol. The van der Waals surface area contributed by atoms with Crippen molar-refractivity contribution in [1.29, 1.82) is 0 Å². The zero-order valence-corrected chi connectivity index (χ0v) is 8.68. The minimum atomic E-state index is 1.34. The van der Waals surface area contributed by atoms with Crippen molar-refractivity contribution >= 4 is 23.5 Å². The quantitative estimate of drug-likeness (QED) is 0.646. The van der Waals surface area contributed by atoms with Gasteiger partial charge in [-0.2, -0.15) is 0 Å². The van der Waals surface area contributed by atoms with E-state index in [0.717, 1.165) is 0 Å². The predicted octanol–water partition coefficient (Wildman–Crippen LogP) is 3.44. The summed E-state index contributed by atoms with van der Waals surface area (Å²) >= 11 is 3.62. The highest BCUT2D eigenvalue weighted by Crippen LogP contribution is 2.28. The van der Waals surface area contributed by atoms with E-state index in [2.05, 4.69) is 37.6 Å². The number of aryl methyl sites for hydroxylation is 1. The van der Waals surface area contributed by atoms with Crippen LogP contribution in [0.4, 0.5) is 0 Å². The van der Waals surface area contributed by atoms with Crippen molar-refractivity contribution < 1.29 is 0 Å². The van der Waals surface area contributed by atoms with Gasteiger partial charge in [0.15, 0.2) is 0 Å². The summed E-state index contributed by atoms with van der Waals surface area (Å²) in [5, 5.41) is 0. The van der Waals surface area contributed by atoms with Gasteiger partial charge in [-0.25, -0.2) is 0 Å². The molecule has 0 aliphatic carbocycles. The summed E-state index contributed by atoms with van der Waals surface area (Å²) in [7, 11) is 0. The number of hydrogen-bond donors (Lipinski definition) is 0. The molecule has 1 aromatic rings. The minimum absolute atomic E-state index is 1.34. The molecule has 0 spiro atoms. The molecule has 1 rings (SSSR count). The van der Waals surface area contributed by atoms with Gasteiger partial charge in [-0.15, -0.1) is 23.5 Å². The van der Waals surface area contributed by atoms with Gasteiger partial charge in [-0.05, 0) is 37.1 Å². The van der Waals surface area contributed by atoms with Gasteiger partial charge in [0.2, 0.25) is 0 Å². The predicted molar refractivity (Wildman–Crippen MR) is 54.7 cm³/mol. The molecule has 0 unspecified atom stereocenters. The summed E-state index contributed by atoms with van der Waals surface area (Å²) in [6.45, 7) is 2.13. The first kappa shape index (κ1) is 9.01. The van der Waals surface area contributed by atoms with Gasteiger partial charge in [-0.3, -0.25) is 0 Å².